The van der Waals surface area contributed by atoms with Crippen LogP contribution in [0, 0.1) is 0 Å². The summed E-state index contributed by atoms with van der Waals surface area (Å²) < 4.78 is 5.89. The van der Waals surface area contributed by atoms with Gasteiger partial charge in [0.2, 0.25) is 0 Å². The van der Waals surface area contributed by atoms with Gasteiger partial charge in [-0.2, -0.15) is 0 Å². The number of halogens is 3. The standard InChI is InChI=1S/C31H23Cl3N2O2S/c32-25-13-7-12-23(14-25)20-38-29-26(33)15-24(16-27(29)34)17-28-30(37)36(19-22-10-5-2-6-11-22)31(39-28)35-18-21-8-3-1-4-9-21/h1-17H,18-20H2/b28-17+,35-31?. The largest absolute Gasteiger partial charge is 0.486 e. The highest BCUT2D eigenvalue weighted by molar-refractivity contribution is 8.18. The highest BCUT2D eigenvalue weighted by Gasteiger charge is 2.33. The summed E-state index contributed by atoms with van der Waals surface area (Å²) >= 11 is 20.5. The number of amides is 1. The summed E-state index contributed by atoms with van der Waals surface area (Å²) in [7, 11) is 0. The first-order valence-electron chi connectivity index (χ1n) is 12.2. The van der Waals surface area contributed by atoms with Gasteiger partial charge in [0.1, 0.15) is 6.61 Å². The Hall–Kier alpha value is -3.22. The van der Waals surface area contributed by atoms with Crippen molar-refractivity contribution in [1.82, 2.24) is 4.90 Å². The zero-order valence-electron chi connectivity index (χ0n) is 20.7. The lowest BCUT2D eigenvalue weighted by Crippen LogP contribution is -2.28. The Balaban J connectivity index is 1.38. The van der Waals surface area contributed by atoms with Crippen LogP contribution in [-0.4, -0.2) is 16.0 Å². The van der Waals surface area contributed by atoms with E-state index < -0.39 is 0 Å². The number of carbonyl (C=O) groups excluding carboxylic acids is 1. The fourth-order valence-corrected chi connectivity index (χ4v) is 5.81. The number of thioether (sulfide) groups is 1. The van der Waals surface area contributed by atoms with Crippen LogP contribution in [0.5, 0.6) is 5.75 Å². The van der Waals surface area contributed by atoms with Crippen molar-refractivity contribution in [3.05, 3.63) is 139 Å². The van der Waals surface area contributed by atoms with E-state index in [1.165, 1.54) is 11.8 Å². The molecule has 8 heteroatoms. The molecule has 0 atom stereocenters. The van der Waals surface area contributed by atoms with Crippen LogP contribution in [-0.2, 0) is 24.5 Å². The molecule has 1 heterocycles. The van der Waals surface area contributed by atoms with Crippen molar-refractivity contribution in [1.29, 1.82) is 0 Å². The molecule has 1 fully saturated rings. The van der Waals surface area contributed by atoms with Gasteiger partial charge in [0.15, 0.2) is 10.9 Å². The molecule has 0 unspecified atom stereocenters. The van der Waals surface area contributed by atoms with Gasteiger partial charge in [0.25, 0.3) is 5.91 Å². The number of amidine groups is 1. The van der Waals surface area contributed by atoms with E-state index in [9.17, 15) is 4.79 Å². The Labute approximate surface area is 246 Å². The minimum absolute atomic E-state index is 0.121. The van der Waals surface area contributed by atoms with E-state index >= 15 is 0 Å². The summed E-state index contributed by atoms with van der Waals surface area (Å²) in [5, 5.41) is 1.98. The number of hydrogen-bond acceptors (Lipinski definition) is 4. The highest BCUT2D eigenvalue weighted by atomic mass is 35.5. The fraction of sp³-hybridized carbons (Fsp3) is 0.0968. The number of benzene rings is 4. The number of ether oxygens (including phenoxy) is 1. The zero-order valence-corrected chi connectivity index (χ0v) is 23.8. The van der Waals surface area contributed by atoms with Crippen molar-refractivity contribution in [2.45, 2.75) is 19.7 Å². The van der Waals surface area contributed by atoms with Crippen LogP contribution in [0.4, 0.5) is 0 Å². The fourth-order valence-electron chi connectivity index (χ4n) is 4.01. The molecule has 4 nitrogen and oxygen atoms in total. The second kappa shape index (κ2) is 12.8. The van der Waals surface area contributed by atoms with Gasteiger partial charge in [-0.3, -0.25) is 14.7 Å². The van der Waals surface area contributed by atoms with Crippen LogP contribution in [0.1, 0.15) is 22.3 Å². The molecule has 1 saturated heterocycles. The first-order chi connectivity index (χ1) is 19.0. The Morgan fingerprint density at radius 3 is 2.10 bits per heavy atom. The summed E-state index contributed by atoms with van der Waals surface area (Å²) in [6.45, 7) is 1.17. The van der Waals surface area contributed by atoms with Crippen LogP contribution in [0.25, 0.3) is 6.08 Å². The van der Waals surface area contributed by atoms with Crippen LogP contribution in [0.15, 0.2) is 107 Å². The number of hydrogen-bond donors (Lipinski definition) is 0. The molecule has 196 valence electrons. The first-order valence-corrected chi connectivity index (χ1v) is 14.1. The maximum absolute atomic E-state index is 13.5. The third kappa shape index (κ3) is 7.06. The molecule has 5 rings (SSSR count). The number of carbonyl (C=O) groups is 1. The quantitative estimate of drug-likeness (QED) is 0.192. The smallest absolute Gasteiger partial charge is 0.267 e. The third-order valence-corrected chi connectivity index (χ3v) is 7.74. The van der Waals surface area contributed by atoms with E-state index in [2.05, 4.69) is 0 Å². The lowest BCUT2D eigenvalue weighted by atomic mass is 10.2. The van der Waals surface area contributed by atoms with Crippen molar-refractivity contribution in [2.24, 2.45) is 4.99 Å². The van der Waals surface area contributed by atoms with E-state index in [1.807, 2.05) is 78.9 Å². The molecule has 0 aromatic heterocycles. The minimum Gasteiger partial charge on any atom is -0.486 e. The lowest BCUT2D eigenvalue weighted by Gasteiger charge is -2.15. The predicted octanol–water partition coefficient (Wildman–Crippen LogP) is 8.90. The summed E-state index contributed by atoms with van der Waals surface area (Å²) in [4.78, 5) is 20.5. The molecule has 0 saturated carbocycles. The monoisotopic (exact) mass is 592 g/mol. The van der Waals surface area contributed by atoms with Gasteiger partial charge in [-0.05, 0) is 64.4 Å². The molecule has 1 aliphatic rings. The molecular weight excluding hydrogens is 571 g/mol. The molecule has 0 aliphatic carbocycles. The maximum Gasteiger partial charge on any atom is 0.267 e. The Bertz CT molecular complexity index is 1520. The maximum atomic E-state index is 13.5. The van der Waals surface area contributed by atoms with Crippen molar-refractivity contribution >= 4 is 63.7 Å². The molecule has 0 N–H and O–H groups in total. The minimum atomic E-state index is -0.121. The van der Waals surface area contributed by atoms with E-state index in [4.69, 9.17) is 44.5 Å². The van der Waals surface area contributed by atoms with Crippen LogP contribution < -0.4 is 4.74 Å². The molecule has 4 aromatic rings. The van der Waals surface area contributed by atoms with Gasteiger partial charge in [0, 0.05) is 5.02 Å². The highest BCUT2D eigenvalue weighted by Crippen LogP contribution is 2.38. The van der Waals surface area contributed by atoms with Gasteiger partial charge in [-0.1, -0.05) is 108 Å². The van der Waals surface area contributed by atoms with Gasteiger partial charge in [-0.15, -0.1) is 0 Å². The second-order valence-electron chi connectivity index (χ2n) is 8.80. The average molecular weight is 594 g/mol. The first kappa shape index (κ1) is 27.4. The summed E-state index contributed by atoms with van der Waals surface area (Å²) in [6, 6.07) is 30.7. The lowest BCUT2D eigenvalue weighted by molar-refractivity contribution is -0.122. The summed E-state index contributed by atoms with van der Waals surface area (Å²) in [5.41, 5.74) is 3.68. The van der Waals surface area contributed by atoms with Gasteiger partial charge >= 0.3 is 0 Å². The van der Waals surface area contributed by atoms with E-state index in [0.29, 0.717) is 49.5 Å². The van der Waals surface area contributed by atoms with Crippen molar-refractivity contribution in [2.75, 3.05) is 0 Å². The van der Waals surface area contributed by atoms with Crippen molar-refractivity contribution < 1.29 is 9.53 Å². The van der Waals surface area contributed by atoms with Gasteiger partial charge in [0.05, 0.1) is 28.0 Å². The summed E-state index contributed by atoms with van der Waals surface area (Å²) in [5.74, 6) is 0.255. The topological polar surface area (TPSA) is 41.9 Å². The van der Waals surface area contributed by atoms with Crippen molar-refractivity contribution in [3.8, 4) is 5.75 Å². The molecule has 0 spiro atoms. The van der Waals surface area contributed by atoms with E-state index in [0.717, 1.165) is 16.7 Å². The Morgan fingerprint density at radius 2 is 1.44 bits per heavy atom. The number of rotatable bonds is 8. The molecule has 39 heavy (non-hydrogen) atoms. The molecule has 0 bridgehead atoms. The second-order valence-corrected chi connectivity index (χ2v) is 11.1. The molecule has 1 aliphatic heterocycles. The van der Waals surface area contributed by atoms with Crippen molar-refractivity contribution in [3.63, 3.8) is 0 Å². The SMILES string of the molecule is O=C1/C(=C\c2cc(Cl)c(OCc3cccc(Cl)c3)c(Cl)c2)SC(=NCc2ccccc2)N1Cc1ccccc1. The van der Waals surface area contributed by atoms with Crippen LogP contribution >= 0.6 is 46.6 Å². The molecule has 0 radical (unpaired) electrons. The zero-order chi connectivity index (χ0) is 27.2. The van der Waals surface area contributed by atoms with Crippen LogP contribution in [0.3, 0.4) is 0 Å². The Kier molecular flexibility index (Phi) is 8.95. The summed E-state index contributed by atoms with van der Waals surface area (Å²) in [6.07, 6.45) is 1.79. The molecular formula is C31H23Cl3N2O2S. The predicted molar refractivity (Wildman–Crippen MR) is 162 cm³/mol. The van der Waals surface area contributed by atoms with E-state index in [-0.39, 0.29) is 12.5 Å². The van der Waals surface area contributed by atoms with Gasteiger partial charge in [-0.25, -0.2) is 0 Å². The molecule has 1 amide bonds. The number of aliphatic imine (C=N–C) groups is 1. The van der Waals surface area contributed by atoms with Crippen LogP contribution in [0.2, 0.25) is 15.1 Å². The average Bonchev–Trinajstić information content (AvgIpc) is 3.22. The normalized spacial score (nSPS) is 15.4. The van der Waals surface area contributed by atoms with Gasteiger partial charge < -0.3 is 4.74 Å². The van der Waals surface area contributed by atoms with E-state index in [1.54, 1.807) is 29.2 Å². The number of nitrogens with zero attached hydrogens (tertiary/aromatic N) is 2. The Morgan fingerprint density at radius 1 is 0.795 bits per heavy atom. The third-order valence-electron chi connectivity index (χ3n) is 5.90. The molecule has 4 aromatic carbocycles.